The van der Waals surface area contributed by atoms with Gasteiger partial charge in [-0.1, -0.05) is 24.3 Å². The van der Waals surface area contributed by atoms with Gasteiger partial charge in [0, 0.05) is 64.6 Å². The molecule has 1 saturated carbocycles. The average molecular weight is 1020 g/mol. The van der Waals surface area contributed by atoms with E-state index in [0.717, 1.165) is 54.1 Å². The summed E-state index contributed by atoms with van der Waals surface area (Å²) < 4.78 is 90.0. The largest absolute Gasteiger partial charge is 0.416 e. The minimum Gasteiger partial charge on any atom is -0.367 e. The number of nitrogens with zero attached hydrogens (tertiary/aromatic N) is 8. The van der Waals surface area contributed by atoms with Crippen LogP contribution in [0.4, 0.5) is 66.5 Å². The van der Waals surface area contributed by atoms with Crippen molar-refractivity contribution in [1.82, 2.24) is 39.9 Å². The summed E-state index contributed by atoms with van der Waals surface area (Å²) in [5.74, 6) is 0.286. The van der Waals surface area contributed by atoms with E-state index in [4.69, 9.17) is 0 Å². The molecule has 1 fully saturated rings. The molecule has 0 radical (unpaired) electrons. The van der Waals surface area contributed by atoms with E-state index < -0.39 is 46.1 Å². The number of halogens is 6. The third-order valence-electron chi connectivity index (χ3n) is 10.9. The number of hydrogen-bond acceptors (Lipinski definition) is 14. The lowest BCUT2D eigenvalue weighted by molar-refractivity contribution is -0.138. The Morgan fingerprint density at radius 3 is 1.52 bits per heavy atom. The summed E-state index contributed by atoms with van der Waals surface area (Å²) >= 11 is 0. The minimum atomic E-state index is -4.55. The summed E-state index contributed by atoms with van der Waals surface area (Å²) in [6, 6.07) is 22.5. The molecule has 1 aliphatic rings. The number of benzene rings is 4. The van der Waals surface area contributed by atoms with Gasteiger partial charge in [-0.2, -0.15) is 26.3 Å². The molecule has 16 nitrogen and oxygen atoms in total. The Bertz CT molecular complexity index is 3360. The third-order valence-corrected chi connectivity index (χ3v) is 11.7. The zero-order valence-corrected chi connectivity index (χ0v) is 39.5. The number of aromatic nitrogens is 8. The van der Waals surface area contributed by atoms with Crippen molar-refractivity contribution in [3.63, 3.8) is 0 Å². The second kappa shape index (κ2) is 21.7. The van der Waals surface area contributed by atoms with Crippen molar-refractivity contribution in [3.05, 3.63) is 168 Å². The lowest BCUT2D eigenvalue weighted by Gasteiger charge is -2.15. The van der Waals surface area contributed by atoms with Crippen LogP contribution in [0.2, 0.25) is 0 Å². The van der Waals surface area contributed by atoms with Crippen LogP contribution in [0.5, 0.6) is 0 Å². The van der Waals surface area contributed by atoms with Gasteiger partial charge < -0.3 is 26.6 Å². The van der Waals surface area contributed by atoms with Crippen molar-refractivity contribution in [3.8, 4) is 22.5 Å². The Kier molecular flexibility index (Phi) is 15.1. The summed E-state index contributed by atoms with van der Waals surface area (Å²) in [5.41, 5.74) is 3.96. The Morgan fingerprint density at radius 1 is 0.575 bits per heavy atom. The van der Waals surface area contributed by atoms with Gasteiger partial charge in [-0.15, -0.1) is 0 Å². The number of aryl methyl sites for hydroxylation is 2. The molecular formula is C50H41F6N13O3S. The van der Waals surface area contributed by atoms with Crippen LogP contribution in [0, 0.1) is 13.8 Å². The fourth-order valence-electron chi connectivity index (χ4n) is 6.90. The van der Waals surface area contributed by atoms with Crippen LogP contribution in [0.3, 0.4) is 0 Å². The van der Waals surface area contributed by atoms with Crippen molar-refractivity contribution in [1.29, 1.82) is 0 Å². The number of carbonyl (C=O) groups excluding carboxylic acids is 2. The molecule has 0 saturated heterocycles. The van der Waals surface area contributed by atoms with Crippen molar-refractivity contribution in [2.75, 3.05) is 32.8 Å². The molecule has 0 spiro atoms. The van der Waals surface area contributed by atoms with Gasteiger partial charge in [0.15, 0.2) is 0 Å². The monoisotopic (exact) mass is 1020 g/mol. The number of amides is 2. The van der Waals surface area contributed by atoms with E-state index in [2.05, 4.69) is 66.5 Å². The van der Waals surface area contributed by atoms with Crippen LogP contribution in [-0.4, -0.2) is 68.2 Å². The van der Waals surface area contributed by atoms with Crippen LogP contribution >= 0.6 is 0 Å². The molecule has 0 bridgehead atoms. The van der Waals surface area contributed by atoms with Crippen molar-refractivity contribution >= 4 is 62.8 Å². The Balaban J connectivity index is 0.000000195. The maximum Gasteiger partial charge on any atom is 0.416 e. The number of nitrogens with one attached hydrogen (secondary N) is 5. The van der Waals surface area contributed by atoms with Crippen molar-refractivity contribution in [2.24, 2.45) is 0 Å². The lowest BCUT2D eigenvalue weighted by atomic mass is 10.1. The van der Waals surface area contributed by atoms with E-state index in [1.54, 1.807) is 54.9 Å². The number of anilines is 7. The molecule has 73 heavy (non-hydrogen) atoms. The predicted molar refractivity (Wildman–Crippen MR) is 263 cm³/mol. The molecule has 5 N–H and O–H groups in total. The normalized spacial score (nSPS) is 12.7. The summed E-state index contributed by atoms with van der Waals surface area (Å²) in [5, 5.41) is 15.4. The molecule has 1 unspecified atom stereocenters. The highest BCUT2D eigenvalue weighted by molar-refractivity contribution is 7.84. The zero-order chi connectivity index (χ0) is 51.9. The molecule has 23 heteroatoms. The molecule has 9 rings (SSSR count). The van der Waals surface area contributed by atoms with E-state index in [0.29, 0.717) is 68.0 Å². The second-order valence-electron chi connectivity index (χ2n) is 16.3. The standard InChI is InChI=1S/C26H22F3N7O.C24H19F3N6O2S/c1-15-5-6-19(35-25(37)16-3-2-4-17(9-16)26(27,28)29)10-21(15)36-24-20(12-30-13-33-24)22-11-23(32-14-31-22)34-18-7-8-18;1-14-6-7-17(32-23(34)15-4-3-5-16(8-15)24(25,26)27)9-19(14)33-22-18(11-28-12-31-22)20-10-21(36(2)35)30-13-29-20/h2-6,9-14,18H,7-8H2,1H3,(H,35,37)(H,30,33,36)(H,31,32,34);3-13H,1-2H3,(H,32,34)(H,28,31,33). The van der Waals surface area contributed by atoms with E-state index in [1.165, 1.54) is 55.8 Å². The van der Waals surface area contributed by atoms with Gasteiger partial charge in [-0.3, -0.25) is 13.8 Å². The average Bonchev–Trinajstić information content (AvgIpc) is 4.20. The summed E-state index contributed by atoms with van der Waals surface area (Å²) in [4.78, 5) is 59.0. The van der Waals surface area contributed by atoms with Gasteiger partial charge in [0.25, 0.3) is 11.8 Å². The number of hydrogen-bond donors (Lipinski definition) is 5. The van der Waals surface area contributed by atoms with Gasteiger partial charge in [0.1, 0.15) is 47.8 Å². The Morgan fingerprint density at radius 2 is 1.05 bits per heavy atom. The van der Waals surface area contributed by atoms with E-state index in [-0.39, 0.29) is 11.1 Å². The van der Waals surface area contributed by atoms with Crippen LogP contribution in [-0.2, 0) is 23.2 Å². The zero-order valence-electron chi connectivity index (χ0n) is 38.7. The molecule has 1 aliphatic carbocycles. The van der Waals surface area contributed by atoms with Crippen LogP contribution in [0.15, 0.2) is 140 Å². The smallest absolute Gasteiger partial charge is 0.367 e. The highest BCUT2D eigenvalue weighted by atomic mass is 32.2. The highest BCUT2D eigenvalue weighted by Gasteiger charge is 2.32. The topological polar surface area (TPSA) is 214 Å². The molecule has 372 valence electrons. The quantitative estimate of drug-likeness (QED) is 0.0537. The maximum absolute atomic E-state index is 13.0. The Labute approximate surface area is 415 Å². The van der Waals surface area contributed by atoms with Gasteiger partial charge in [0.05, 0.1) is 44.4 Å². The van der Waals surface area contributed by atoms with Crippen LogP contribution in [0.1, 0.15) is 55.8 Å². The number of carbonyl (C=O) groups is 2. The first kappa shape index (κ1) is 50.7. The fourth-order valence-corrected chi connectivity index (χ4v) is 7.37. The highest BCUT2D eigenvalue weighted by Crippen LogP contribution is 2.34. The predicted octanol–water partition coefficient (Wildman–Crippen LogP) is 10.8. The summed E-state index contributed by atoms with van der Waals surface area (Å²) in [7, 11) is -1.31. The summed E-state index contributed by atoms with van der Waals surface area (Å²) in [6.45, 7) is 3.72. The van der Waals surface area contributed by atoms with Crippen LogP contribution < -0.4 is 26.6 Å². The first-order valence-corrected chi connectivity index (χ1v) is 23.5. The van der Waals surface area contributed by atoms with Gasteiger partial charge >= 0.3 is 12.4 Å². The number of rotatable bonds is 13. The first-order chi connectivity index (χ1) is 34.9. The van der Waals surface area contributed by atoms with Crippen molar-refractivity contribution in [2.45, 2.75) is 50.1 Å². The van der Waals surface area contributed by atoms with E-state index in [1.807, 2.05) is 19.9 Å². The minimum absolute atomic E-state index is 0.0950. The third kappa shape index (κ3) is 13.2. The molecule has 0 aliphatic heterocycles. The Hall–Kier alpha value is -8.73. The molecule has 4 aromatic carbocycles. The molecule has 4 heterocycles. The van der Waals surface area contributed by atoms with Gasteiger partial charge in [-0.25, -0.2) is 39.9 Å². The molecule has 2 amide bonds. The molecule has 8 aromatic rings. The lowest BCUT2D eigenvalue weighted by Crippen LogP contribution is -2.14. The molecule has 1 atom stereocenters. The van der Waals surface area contributed by atoms with Gasteiger partial charge in [0.2, 0.25) is 0 Å². The first-order valence-electron chi connectivity index (χ1n) is 22.0. The van der Waals surface area contributed by atoms with Gasteiger partial charge in [-0.05, 0) is 105 Å². The van der Waals surface area contributed by atoms with E-state index >= 15 is 0 Å². The SMILES string of the molecule is Cc1ccc(NC(=O)c2cccc(C(F)(F)F)c2)cc1Nc1ncncc1-c1cc(NC2CC2)ncn1.Cc1ccc(NC(=O)c2cccc(C(F)(F)F)c2)cc1Nc1ncncc1-c1cc(S(C)=O)ncn1. The maximum atomic E-state index is 13.0. The second-order valence-corrected chi connectivity index (χ2v) is 17.7. The fraction of sp³-hybridized carbons (Fsp3) is 0.160. The molecular weight excluding hydrogens is 977 g/mol. The molecule has 4 aromatic heterocycles. The van der Waals surface area contributed by atoms with Crippen LogP contribution in [0.25, 0.3) is 22.5 Å². The number of alkyl halides is 6. The summed E-state index contributed by atoms with van der Waals surface area (Å²) in [6.07, 6.45) is 3.38. The van der Waals surface area contributed by atoms with E-state index in [9.17, 15) is 40.1 Å². The van der Waals surface area contributed by atoms with Crippen molar-refractivity contribution < 1.29 is 40.1 Å².